The van der Waals surface area contributed by atoms with Gasteiger partial charge in [-0.2, -0.15) is 0 Å². The third-order valence-electron chi connectivity index (χ3n) is 6.73. The number of amides is 1. The number of methoxy groups -OCH3 is 1. The summed E-state index contributed by atoms with van der Waals surface area (Å²) in [5.74, 6) is 3.12. The molecule has 29 heavy (non-hydrogen) atoms. The van der Waals surface area contributed by atoms with Crippen LogP contribution >= 0.6 is 0 Å². The zero-order valence-electron chi connectivity index (χ0n) is 17.0. The van der Waals surface area contributed by atoms with Gasteiger partial charge in [-0.25, -0.2) is 0 Å². The van der Waals surface area contributed by atoms with E-state index >= 15 is 0 Å². The van der Waals surface area contributed by atoms with Gasteiger partial charge in [0.15, 0.2) is 5.76 Å². The standard InChI is InChI=1S/C23H29N3O3/c1-28-18-6-4-16(5-7-18)22-20-13-24-12-17(20)14-26(22)23(27)21-9-8-19(29-21)15-25-10-2-3-11-25/h4-9,17,20,22,24H,2-3,10-15H2,1H3/t17-,20-,22-/m0/s1. The molecule has 6 nitrogen and oxygen atoms in total. The first-order chi connectivity index (χ1) is 14.2. The Morgan fingerprint density at radius 3 is 2.69 bits per heavy atom. The summed E-state index contributed by atoms with van der Waals surface area (Å²) in [7, 11) is 1.67. The quantitative estimate of drug-likeness (QED) is 0.844. The van der Waals surface area contributed by atoms with Gasteiger partial charge >= 0.3 is 0 Å². The maximum atomic E-state index is 13.4. The Morgan fingerprint density at radius 1 is 1.14 bits per heavy atom. The molecule has 0 saturated carbocycles. The molecule has 1 N–H and O–H groups in total. The van der Waals surface area contributed by atoms with Gasteiger partial charge in [0.05, 0.1) is 19.7 Å². The highest BCUT2D eigenvalue weighted by Gasteiger charge is 2.47. The van der Waals surface area contributed by atoms with Gasteiger partial charge in [-0.3, -0.25) is 9.69 Å². The highest BCUT2D eigenvalue weighted by molar-refractivity contribution is 5.92. The van der Waals surface area contributed by atoms with Crippen LogP contribution in [0.3, 0.4) is 0 Å². The topological polar surface area (TPSA) is 58.0 Å². The molecule has 154 valence electrons. The predicted octanol–water partition coefficient (Wildman–Crippen LogP) is 2.92. The molecule has 5 rings (SSSR count). The third-order valence-corrected chi connectivity index (χ3v) is 6.73. The lowest BCUT2D eigenvalue weighted by atomic mass is 9.89. The van der Waals surface area contributed by atoms with Crippen molar-refractivity contribution in [2.75, 3.05) is 39.8 Å². The molecule has 1 amide bonds. The average Bonchev–Trinajstić information content (AvgIpc) is 3.52. The normalized spacial score (nSPS) is 26.8. The summed E-state index contributed by atoms with van der Waals surface area (Å²) in [6.07, 6.45) is 2.50. The Balaban J connectivity index is 1.37. The van der Waals surface area contributed by atoms with Crippen molar-refractivity contribution in [3.05, 3.63) is 53.5 Å². The number of ether oxygens (including phenoxy) is 1. The molecule has 0 radical (unpaired) electrons. The minimum Gasteiger partial charge on any atom is -0.497 e. The molecular weight excluding hydrogens is 366 g/mol. The maximum Gasteiger partial charge on any atom is 0.290 e. The highest BCUT2D eigenvalue weighted by Crippen LogP contribution is 2.43. The molecule has 3 aliphatic heterocycles. The van der Waals surface area contributed by atoms with Crippen LogP contribution in [0.5, 0.6) is 5.75 Å². The van der Waals surface area contributed by atoms with Gasteiger partial charge in [0, 0.05) is 25.6 Å². The fourth-order valence-corrected chi connectivity index (χ4v) is 5.24. The van der Waals surface area contributed by atoms with Crippen molar-refractivity contribution in [3.8, 4) is 5.75 Å². The fraction of sp³-hybridized carbons (Fsp3) is 0.522. The molecule has 3 saturated heterocycles. The lowest BCUT2D eigenvalue weighted by Crippen LogP contribution is -2.34. The summed E-state index contributed by atoms with van der Waals surface area (Å²) < 4.78 is 11.3. The third kappa shape index (κ3) is 3.55. The molecule has 2 aromatic rings. The number of fused-ring (bicyclic) bond motifs is 1. The summed E-state index contributed by atoms with van der Waals surface area (Å²) in [5, 5.41) is 3.50. The summed E-state index contributed by atoms with van der Waals surface area (Å²) in [6, 6.07) is 12.0. The van der Waals surface area contributed by atoms with Gasteiger partial charge in [0.2, 0.25) is 0 Å². The van der Waals surface area contributed by atoms with Crippen LogP contribution in [-0.2, 0) is 6.54 Å². The molecule has 1 aromatic heterocycles. The van der Waals surface area contributed by atoms with Gasteiger partial charge in [0.25, 0.3) is 5.91 Å². The van der Waals surface area contributed by atoms with Crippen molar-refractivity contribution in [1.82, 2.24) is 15.1 Å². The monoisotopic (exact) mass is 395 g/mol. The van der Waals surface area contributed by atoms with E-state index in [2.05, 4.69) is 22.3 Å². The Bertz CT molecular complexity index is 857. The first-order valence-corrected chi connectivity index (χ1v) is 10.7. The second kappa shape index (κ2) is 7.84. The number of hydrogen-bond acceptors (Lipinski definition) is 5. The Hall–Kier alpha value is -2.31. The van der Waals surface area contributed by atoms with E-state index in [9.17, 15) is 4.79 Å². The summed E-state index contributed by atoms with van der Waals surface area (Å²) >= 11 is 0. The minimum atomic E-state index is 0.00731. The Morgan fingerprint density at radius 2 is 1.93 bits per heavy atom. The zero-order valence-corrected chi connectivity index (χ0v) is 17.0. The number of likely N-dealkylation sites (tertiary alicyclic amines) is 2. The maximum absolute atomic E-state index is 13.4. The van der Waals surface area contributed by atoms with Crippen molar-refractivity contribution in [2.24, 2.45) is 11.8 Å². The molecule has 0 unspecified atom stereocenters. The lowest BCUT2D eigenvalue weighted by molar-refractivity contribution is 0.0678. The van der Waals surface area contributed by atoms with Crippen molar-refractivity contribution in [3.63, 3.8) is 0 Å². The van der Waals surface area contributed by atoms with Crippen LogP contribution in [0.25, 0.3) is 0 Å². The Kier molecular flexibility index (Phi) is 5.06. The lowest BCUT2D eigenvalue weighted by Gasteiger charge is -2.28. The molecule has 4 heterocycles. The smallest absolute Gasteiger partial charge is 0.290 e. The van der Waals surface area contributed by atoms with Crippen LogP contribution in [0.15, 0.2) is 40.8 Å². The molecule has 0 bridgehead atoms. The Labute approximate surface area is 171 Å². The van der Waals surface area contributed by atoms with Gasteiger partial charge < -0.3 is 19.4 Å². The number of furan rings is 1. The van der Waals surface area contributed by atoms with E-state index in [1.54, 1.807) is 7.11 Å². The van der Waals surface area contributed by atoms with Crippen molar-refractivity contribution in [2.45, 2.75) is 25.4 Å². The number of nitrogens with zero attached hydrogens (tertiary/aromatic N) is 2. The van der Waals surface area contributed by atoms with E-state index in [1.807, 2.05) is 29.2 Å². The van der Waals surface area contributed by atoms with Crippen LogP contribution in [0.1, 0.15) is 40.8 Å². The van der Waals surface area contributed by atoms with Crippen LogP contribution < -0.4 is 10.1 Å². The van der Waals surface area contributed by atoms with E-state index in [0.29, 0.717) is 17.6 Å². The second-order valence-corrected chi connectivity index (χ2v) is 8.51. The van der Waals surface area contributed by atoms with Crippen LogP contribution in [-0.4, -0.2) is 55.5 Å². The van der Waals surface area contributed by atoms with E-state index in [0.717, 1.165) is 50.8 Å². The van der Waals surface area contributed by atoms with Crippen molar-refractivity contribution < 1.29 is 13.9 Å². The number of rotatable bonds is 5. The molecule has 3 fully saturated rings. The molecule has 3 atom stereocenters. The van der Waals surface area contributed by atoms with Crippen molar-refractivity contribution >= 4 is 5.91 Å². The summed E-state index contributed by atoms with van der Waals surface area (Å²) in [5.41, 5.74) is 1.17. The summed E-state index contributed by atoms with van der Waals surface area (Å²) in [6.45, 7) is 5.72. The number of benzene rings is 1. The number of carbonyl (C=O) groups excluding carboxylic acids is 1. The highest BCUT2D eigenvalue weighted by atomic mass is 16.5. The zero-order chi connectivity index (χ0) is 19.8. The molecule has 1 aromatic carbocycles. The molecule has 3 aliphatic rings. The number of hydrogen-bond donors (Lipinski definition) is 1. The van der Waals surface area contributed by atoms with Gasteiger partial charge in [-0.1, -0.05) is 12.1 Å². The molecule has 0 aliphatic carbocycles. The fourth-order valence-electron chi connectivity index (χ4n) is 5.24. The van der Waals surface area contributed by atoms with Crippen LogP contribution in [0, 0.1) is 11.8 Å². The van der Waals surface area contributed by atoms with Gasteiger partial charge in [-0.15, -0.1) is 0 Å². The van der Waals surface area contributed by atoms with Crippen LogP contribution in [0.4, 0.5) is 0 Å². The summed E-state index contributed by atoms with van der Waals surface area (Å²) in [4.78, 5) is 17.8. The van der Waals surface area contributed by atoms with E-state index in [4.69, 9.17) is 9.15 Å². The SMILES string of the molecule is COc1ccc([C@H]2[C@H]3CNC[C@H]3CN2C(=O)c2ccc(CN3CCCC3)o2)cc1. The van der Waals surface area contributed by atoms with E-state index < -0.39 is 0 Å². The molecule has 6 heteroatoms. The van der Waals surface area contributed by atoms with Crippen molar-refractivity contribution in [1.29, 1.82) is 0 Å². The average molecular weight is 396 g/mol. The molecule has 0 spiro atoms. The van der Waals surface area contributed by atoms with Gasteiger partial charge in [0.1, 0.15) is 11.5 Å². The second-order valence-electron chi connectivity index (χ2n) is 8.51. The predicted molar refractivity (Wildman–Crippen MR) is 110 cm³/mol. The first kappa shape index (κ1) is 18.7. The number of nitrogens with one attached hydrogen (secondary N) is 1. The minimum absolute atomic E-state index is 0.00731. The first-order valence-electron chi connectivity index (χ1n) is 10.7. The van der Waals surface area contributed by atoms with Crippen LogP contribution in [0.2, 0.25) is 0 Å². The van der Waals surface area contributed by atoms with E-state index in [1.165, 1.54) is 18.4 Å². The van der Waals surface area contributed by atoms with E-state index in [-0.39, 0.29) is 11.9 Å². The van der Waals surface area contributed by atoms with Gasteiger partial charge in [-0.05, 0) is 61.7 Å². The number of carbonyl (C=O) groups is 1. The largest absolute Gasteiger partial charge is 0.497 e. The molecular formula is C23H29N3O3.